The van der Waals surface area contributed by atoms with Crippen LogP contribution in [-0.4, -0.2) is 11.1 Å². The Balaban J connectivity index is 2.35. The molecule has 0 radical (unpaired) electrons. The fraction of sp³-hybridized carbons (Fsp3) is 0. The Labute approximate surface area is 142 Å². The average molecular weight is 333 g/mol. The lowest BCUT2D eigenvalue weighted by Crippen LogP contribution is -2.29. The normalized spacial score (nSPS) is 11.5. The molecule has 0 bridgehead atoms. The molecule has 118 valence electrons. The zero-order valence-corrected chi connectivity index (χ0v) is 14.0. The molecule has 3 heteroatoms. The van der Waals surface area contributed by atoms with Gasteiger partial charge in [-0.1, -0.05) is 54.6 Å². The third-order valence-corrected chi connectivity index (χ3v) is 7.87. The summed E-state index contributed by atoms with van der Waals surface area (Å²) in [6.07, 6.45) is 1.28. The molecule has 0 unspecified atom stereocenters. The Kier molecular flexibility index (Phi) is 4.88. The summed E-state index contributed by atoms with van der Waals surface area (Å²) in [6.45, 7) is 0. The van der Waals surface area contributed by atoms with Crippen LogP contribution >= 0.6 is 7.26 Å². The molecular weight excluding hydrogens is 315 g/mol. The van der Waals surface area contributed by atoms with Crippen molar-refractivity contribution in [2.45, 2.75) is 0 Å². The highest BCUT2D eigenvalue weighted by Crippen LogP contribution is 2.56. The first kappa shape index (κ1) is 16.2. The van der Waals surface area contributed by atoms with E-state index in [1.165, 1.54) is 6.08 Å². The van der Waals surface area contributed by atoms with E-state index < -0.39 is 13.2 Å². The Morgan fingerprint density at radius 3 is 1.29 bits per heavy atom. The summed E-state index contributed by atoms with van der Waals surface area (Å²) in [4.78, 5) is 11.3. The minimum atomic E-state index is -2.17. The van der Waals surface area contributed by atoms with Gasteiger partial charge in [0.2, 0.25) is 0 Å². The number of carbonyl (C=O) groups is 1. The topological polar surface area (TPSA) is 37.3 Å². The molecule has 0 aliphatic heterocycles. The summed E-state index contributed by atoms with van der Waals surface area (Å²) in [5.41, 5.74) is 0. The Morgan fingerprint density at radius 1 is 0.667 bits per heavy atom. The molecule has 24 heavy (non-hydrogen) atoms. The van der Waals surface area contributed by atoms with Gasteiger partial charge in [-0.3, -0.25) is 0 Å². The van der Waals surface area contributed by atoms with Crippen molar-refractivity contribution < 1.29 is 9.90 Å². The standard InChI is InChI=1S/C21H17O2P/c22-21(23)16-17-24(18-10-4-1-5-11-18,19-12-6-2-7-13-19)20-14-8-3-9-15-20/h1-17H/p+1/b17-16+. The van der Waals surface area contributed by atoms with E-state index in [4.69, 9.17) is 0 Å². The average Bonchev–Trinajstić information content (AvgIpc) is 2.65. The molecule has 0 aliphatic rings. The monoisotopic (exact) mass is 333 g/mol. The van der Waals surface area contributed by atoms with Gasteiger partial charge >= 0.3 is 5.97 Å². The first-order chi connectivity index (χ1) is 11.7. The maximum atomic E-state index is 11.3. The minimum absolute atomic E-state index is 0.929. The van der Waals surface area contributed by atoms with Crippen LogP contribution in [0.15, 0.2) is 103 Å². The fourth-order valence-electron chi connectivity index (χ4n) is 2.87. The number of benzene rings is 3. The molecule has 0 spiro atoms. The number of hydrogen-bond acceptors (Lipinski definition) is 1. The quantitative estimate of drug-likeness (QED) is 0.572. The van der Waals surface area contributed by atoms with Crippen molar-refractivity contribution in [2.24, 2.45) is 0 Å². The van der Waals surface area contributed by atoms with Crippen molar-refractivity contribution in [1.29, 1.82) is 0 Å². The van der Waals surface area contributed by atoms with Gasteiger partial charge in [0, 0.05) is 0 Å². The van der Waals surface area contributed by atoms with Crippen LogP contribution in [0.5, 0.6) is 0 Å². The molecule has 0 heterocycles. The van der Waals surface area contributed by atoms with Crippen LogP contribution in [0.2, 0.25) is 0 Å². The second kappa shape index (κ2) is 7.25. The second-order valence-electron chi connectivity index (χ2n) is 5.38. The number of hydrogen-bond donors (Lipinski definition) is 1. The highest BCUT2D eigenvalue weighted by atomic mass is 31.2. The lowest BCUT2D eigenvalue weighted by atomic mass is 10.4. The molecule has 0 aromatic heterocycles. The van der Waals surface area contributed by atoms with Crippen molar-refractivity contribution in [3.05, 3.63) is 103 Å². The predicted octanol–water partition coefficient (Wildman–Crippen LogP) is 3.58. The van der Waals surface area contributed by atoms with Crippen molar-refractivity contribution in [3.8, 4) is 0 Å². The Hall–Kier alpha value is -2.70. The van der Waals surface area contributed by atoms with E-state index >= 15 is 0 Å². The summed E-state index contributed by atoms with van der Waals surface area (Å²) in [7, 11) is -2.17. The van der Waals surface area contributed by atoms with E-state index in [2.05, 4.69) is 36.4 Å². The summed E-state index contributed by atoms with van der Waals surface area (Å²) < 4.78 is 0. The van der Waals surface area contributed by atoms with Crippen LogP contribution in [0, 0.1) is 0 Å². The first-order valence-electron chi connectivity index (χ1n) is 7.71. The maximum absolute atomic E-state index is 11.3. The van der Waals surface area contributed by atoms with E-state index in [9.17, 15) is 9.90 Å². The number of aliphatic carboxylic acids is 1. The third kappa shape index (κ3) is 3.15. The summed E-state index contributed by atoms with van der Waals surface area (Å²) in [6, 6.07) is 30.5. The maximum Gasteiger partial charge on any atom is 0.331 e. The van der Waals surface area contributed by atoms with Crippen molar-refractivity contribution >= 4 is 29.1 Å². The molecule has 0 saturated carbocycles. The highest BCUT2D eigenvalue weighted by molar-refractivity contribution is 7.98. The van der Waals surface area contributed by atoms with E-state index in [1.807, 2.05) is 60.4 Å². The largest absolute Gasteiger partial charge is 0.478 e. The minimum Gasteiger partial charge on any atom is -0.478 e. The van der Waals surface area contributed by atoms with Gasteiger partial charge in [0.15, 0.2) is 0 Å². The summed E-state index contributed by atoms with van der Waals surface area (Å²) in [5.74, 6) is 0.956. The van der Waals surface area contributed by atoms with Gasteiger partial charge in [-0.25, -0.2) is 4.79 Å². The van der Waals surface area contributed by atoms with Gasteiger partial charge in [-0.05, 0) is 36.4 Å². The predicted molar refractivity (Wildman–Crippen MR) is 102 cm³/mol. The van der Waals surface area contributed by atoms with Crippen molar-refractivity contribution in [1.82, 2.24) is 0 Å². The fourth-order valence-corrected chi connectivity index (χ4v) is 6.56. The molecule has 1 N–H and O–H groups in total. The SMILES string of the molecule is O=C(O)/C=C/[P+](c1ccccc1)(c1ccccc1)c1ccccc1. The number of carboxylic acid groups (broad SMARTS) is 1. The van der Waals surface area contributed by atoms with E-state index in [0.29, 0.717) is 0 Å². The van der Waals surface area contributed by atoms with Crippen LogP contribution in [0.25, 0.3) is 0 Å². The molecule has 0 fully saturated rings. The van der Waals surface area contributed by atoms with Crippen LogP contribution in [0.3, 0.4) is 0 Å². The van der Waals surface area contributed by atoms with Gasteiger partial charge < -0.3 is 5.11 Å². The molecule has 3 aromatic carbocycles. The van der Waals surface area contributed by atoms with E-state index in [1.54, 1.807) is 0 Å². The Morgan fingerprint density at radius 2 is 1.00 bits per heavy atom. The molecular formula is C21H18O2P+. The number of rotatable bonds is 5. The zero-order chi connectivity index (χ0) is 16.8. The molecule has 0 atom stereocenters. The van der Waals surface area contributed by atoms with Crippen LogP contribution < -0.4 is 15.9 Å². The molecule has 0 aliphatic carbocycles. The lowest BCUT2D eigenvalue weighted by Gasteiger charge is -2.23. The molecule has 3 rings (SSSR count). The van der Waals surface area contributed by atoms with Crippen LogP contribution in [0.4, 0.5) is 0 Å². The van der Waals surface area contributed by atoms with Crippen LogP contribution in [0.1, 0.15) is 0 Å². The van der Waals surface area contributed by atoms with E-state index in [0.717, 1.165) is 15.9 Å². The van der Waals surface area contributed by atoms with Gasteiger partial charge in [-0.2, -0.15) is 0 Å². The van der Waals surface area contributed by atoms with Crippen molar-refractivity contribution in [3.63, 3.8) is 0 Å². The number of carboxylic acids is 1. The van der Waals surface area contributed by atoms with E-state index in [-0.39, 0.29) is 0 Å². The van der Waals surface area contributed by atoms with Gasteiger partial charge in [0.25, 0.3) is 0 Å². The highest BCUT2D eigenvalue weighted by Gasteiger charge is 2.43. The van der Waals surface area contributed by atoms with Gasteiger partial charge in [0.1, 0.15) is 23.2 Å². The lowest BCUT2D eigenvalue weighted by molar-refractivity contribution is -0.131. The van der Waals surface area contributed by atoms with Crippen LogP contribution in [-0.2, 0) is 4.79 Å². The van der Waals surface area contributed by atoms with Gasteiger partial charge in [0.05, 0.1) is 11.9 Å². The Bertz CT molecular complexity index is 731. The first-order valence-corrected chi connectivity index (χ1v) is 9.57. The molecule has 2 nitrogen and oxygen atoms in total. The molecule has 0 amide bonds. The molecule has 3 aromatic rings. The summed E-state index contributed by atoms with van der Waals surface area (Å²) in [5, 5.41) is 12.7. The zero-order valence-electron chi connectivity index (χ0n) is 13.1. The van der Waals surface area contributed by atoms with Gasteiger partial charge in [-0.15, -0.1) is 0 Å². The second-order valence-corrected chi connectivity index (χ2v) is 8.68. The molecule has 0 saturated heterocycles. The summed E-state index contributed by atoms with van der Waals surface area (Å²) >= 11 is 0. The van der Waals surface area contributed by atoms with Crippen molar-refractivity contribution in [2.75, 3.05) is 0 Å². The third-order valence-electron chi connectivity index (χ3n) is 3.93. The smallest absolute Gasteiger partial charge is 0.331 e.